The van der Waals surface area contributed by atoms with E-state index in [0.717, 1.165) is 12.1 Å². The molecule has 1 fully saturated rings. The van der Waals surface area contributed by atoms with Gasteiger partial charge in [0.1, 0.15) is 0 Å². The highest BCUT2D eigenvalue weighted by Gasteiger charge is 2.34. The minimum Gasteiger partial charge on any atom is -0.355 e. The van der Waals surface area contributed by atoms with Crippen molar-refractivity contribution >= 4 is 27.1 Å². The molecule has 0 aliphatic carbocycles. The molecule has 1 aliphatic rings. The molecule has 28 heavy (non-hydrogen) atoms. The summed E-state index contributed by atoms with van der Waals surface area (Å²) in [5.41, 5.74) is 0.00185. The lowest BCUT2D eigenvalue weighted by Crippen LogP contribution is -2.38. The van der Waals surface area contributed by atoms with Crippen LogP contribution in [0.4, 0.5) is 24.5 Å². The number of benzene rings is 2. The molecule has 2 aromatic carbocycles. The van der Waals surface area contributed by atoms with Crippen LogP contribution in [0.15, 0.2) is 48.5 Å². The van der Waals surface area contributed by atoms with E-state index in [0.29, 0.717) is 12.1 Å². The molecule has 1 amide bonds. The SMILES string of the molecule is CN(C(=O)c1ccccc1Nc1cccc(C(F)(F)F)c1)[C@H]1CCS(=O)(=O)C1. The average molecular weight is 412 g/mol. The summed E-state index contributed by atoms with van der Waals surface area (Å²) >= 11 is 0. The highest BCUT2D eigenvalue weighted by atomic mass is 32.2. The molecule has 0 aromatic heterocycles. The first-order chi connectivity index (χ1) is 13.1. The number of amides is 1. The van der Waals surface area contributed by atoms with Gasteiger partial charge >= 0.3 is 6.18 Å². The zero-order valence-electron chi connectivity index (χ0n) is 15.0. The van der Waals surface area contributed by atoms with Crippen LogP contribution in [0.2, 0.25) is 0 Å². The largest absolute Gasteiger partial charge is 0.416 e. The lowest BCUT2D eigenvalue weighted by atomic mass is 10.1. The van der Waals surface area contributed by atoms with E-state index in [1.54, 1.807) is 24.3 Å². The maximum Gasteiger partial charge on any atom is 0.416 e. The Bertz CT molecular complexity index is 990. The molecule has 1 heterocycles. The van der Waals surface area contributed by atoms with Gasteiger partial charge in [0, 0.05) is 18.8 Å². The van der Waals surface area contributed by atoms with Crippen molar-refractivity contribution < 1.29 is 26.4 Å². The van der Waals surface area contributed by atoms with Gasteiger partial charge in [-0.25, -0.2) is 8.42 Å². The Morgan fingerprint density at radius 2 is 1.86 bits per heavy atom. The summed E-state index contributed by atoms with van der Waals surface area (Å²) < 4.78 is 62.1. The highest BCUT2D eigenvalue weighted by molar-refractivity contribution is 7.91. The second-order valence-corrected chi connectivity index (χ2v) is 8.95. The molecule has 2 aromatic rings. The molecule has 0 radical (unpaired) electrons. The lowest BCUT2D eigenvalue weighted by molar-refractivity contribution is -0.137. The third kappa shape index (κ3) is 4.46. The molecule has 1 saturated heterocycles. The molecular formula is C19H19F3N2O3S. The third-order valence-electron chi connectivity index (χ3n) is 4.70. The Morgan fingerprint density at radius 3 is 2.50 bits per heavy atom. The molecule has 150 valence electrons. The Kier molecular flexibility index (Phi) is 5.38. The number of alkyl halides is 3. The van der Waals surface area contributed by atoms with Crippen LogP contribution < -0.4 is 5.32 Å². The molecule has 1 N–H and O–H groups in total. The number of carbonyl (C=O) groups excluding carboxylic acids is 1. The van der Waals surface area contributed by atoms with Crippen LogP contribution in [-0.4, -0.2) is 43.8 Å². The van der Waals surface area contributed by atoms with E-state index in [1.165, 1.54) is 24.1 Å². The molecule has 0 saturated carbocycles. The molecule has 0 bridgehead atoms. The minimum absolute atomic E-state index is 0.0411. The van der Waals surface area contributed by atoms with Crippen LogP contribution in [-0.2, 0) is 16.0 Å². The summed E-state index contributed by atoms with van der Waals surface area (Å²) in [5.74, 6) is -0.435. The topological polar surface area (TPSA) is 66.5 Å². The maximum atomic E-state index is 12.9. The summed E-state index contributed by atoms with van der Waals surface area (Å²) in [4.78, 5) is 14.3. The molecule has 3 rings (SSSR count). The number of nitrogens with zero attached hydrogens (tertiary/aromatic N) is 1. The zero-order chi connectivity index (χ0) is 20.5. The Morgan fingerprint density at radius 1 is 1.14 bits per heavy atom. The van der Waals surface area contributed by atoms with E-state index < -0.39 is 33.5 Å². The van der Waals surface area contributed by atoms with Crippen LogP contribution >= 0.6 is 0 Å². The van der Waals surface area contributed by atoms with E-state index >= 15 is 0 Å². The van der Waals surface area contributed by atoms with E-state index in [-0.39, 0.29) is 22.8 Å². The van der Waals surface area contributed by atoms with Crippen molar-refractivity contribution in [1.29, 1.82) is 0 Å². The first kappa shape index (κ1) is 20.2. The normalized spacial score (nSPS) is 18.6. The van der Waals surface area contributed by atoms with Crippen LogP contribution in [0.25, 0.3) is 0 Å². The highest BCUT2D eigenvalue weighted by Crippen LogP contribution is 2.32. The number of rotatable bonds is 4. The molecular weight excluding hydrogens is 393 g/mol. The number of hydrogen-bond acceptors (Lipinski definition) is 4. The van der Waals surface area contributed by atoms with Crippen molar-refractivity contribution in [3.05, 3.63) is 59.7 Å². The molecule has 9 heteroatoms. The molecule has 5 nitrogen and oxygen atoms in total. The second kappa shape index (κ2) is 7.46. The fourth-order valence-corrected chi connectivity index (χ4v) is 4.92. The smallest absolute Gasteiger partial charge is 0.355 e. The summed E-state index contributed by atoms with van der Waals surface area (Å²) in [7, 11) is -1.61. The van der Waals surface area contributed by atoms with Crippen molar-refractivity contribution in [1.82, 2.24) is 4.90 Å². The monoisotopic (exact) mass is 412 g/mol. The van der Waals surface area contributed by atoms with Crippen molar-refractivity contribution in [3.63, 3.8) is 0 Å². The first-order valence-corrected chi connectivity index (χ1v) is 10.4. The van der Waals surface area contributed by atoms with Gasteiger partial charge in [0.15, 0.2) is 9.84 Å². The quantitative estimate of drug-likeness (QED) is 0.832. The summed E-state index contributed by atoms with van der Waals surface area (Å²) in [6, 6.07) is 10.7. The van der Waals surface area contributed by atoms with Crippen molar-refractivity contribution in [2.75, 3.05) is 23.9 Å². The number of anilines is 2. The molecule has 1 atom stereocenters. The van der Waals surface area contributed by atoms with Gasteiger partial charge < -0.3 is 10.2 Å². The Labute approximate surface area is 161 Å². The lowest BCUT2D eigenvalue weighted by Gasteiger charge is -2.24. The Balaban J connectivity index is 1.85. The predicted molar refractivity (Wildman–Crippen MR) is 100 cm³/mol. The fraction of sp³-hybridized carbons (Fsp3) is 0.316. The summed E-state index contributed by atoms with van der Waals surface area (Å²) in [5, 5.41) is 2.86. The van der Waals surface area contributed by atoms with E-state index in [1.807, 2.05) is 0 Å². The number of halogens is 3. The van der Waals surface area contributed by atoms with Crippen molar-refractivity contribution in [3.8, 4) is 0 Å². The zero-order valence-corrected chi connectivity index (χ0v) is 15.8. The van der Waals surface area contributed by atoms with Crippen LogP contribution in [0.5, 0.6) is 0 Å². The maximum absolute atomic E-state index is 12.9. The van der Waals surface area contributed by atoms with Gasteiger partial charge in [0.05, 0.1) is 28.3 Å². The Hall–Kier alpha value is -2.55. The number of hydrogen-bond donors (Lipinski definition) is 1. The van der Waals surface area contributed by atoms with Crippen molar-refractivity contribution in [2.24, 2.45) is 0 Å². The van der Waals surface area contributed by atoms with Crippen LogP contribution in [0.1, 0.15) is 22.3 Å². The number of para-hydroxylation sites is 1. The van der Waals surface area contributed by atoms with Crippen LogP contribution in [0.3, 0.4) is 0 Å². The third-order valence-corrected chi connectivity index (χ3v) is 6.45. The minimum atomic E-state index is -4.47. The standard InChI is InChI=1S/C19H19F3N2O3S/c1-24(15-9-10-28(26,27)12-15)18(25)16-7-2-3-8-17(16)23-14-6-4-5-13(11-14)19(20,21)22/h2-8,11,15,23H,9-10,12H2,1H3/t15-/m0/s1. The van der Waals surface area contributed by atoms with Gasteiger partial charge in [-0.15, -0.1) is 0 Å². The van der Waals surface area contributed by atoms with Gasteiger partial charge in [0.25, 0.3) is 5.91 Å². The van der Waals surface area contributed by atoms with Gasteiger partial charge in [-0.1, -0.05) is 18.2 Å². The molecule has 1 aliphatic heterocycles. The summed E-state index contributed by atoms with van der Waals surface area (Å²) in [6.07, 6.45) is -4.10. The molecule has 0 spiro atoms. The van der Waals surface area contributed by atoms with E-state index in [9.17, 15) is 26.4 Å². The summed E-state index contributed by atoms with van der Waals surface area (Å²) in [6.45, 7) is 0. The second-order valence-electron chi connectivity index (χ2n) is 6.72. The van der Waals surface area contributed by atoms with Gasteiger partial charge in [0.2, 0.25) is 0 Å². The number of carbonyl (C=O) groups is 1. The number of nitrogens with one attached hydrogen (secondary N) is 1. The van der Waals surface area contributed by atoms with Gasteiger partial charge in [-0.3, -0.25) is 4.79 Å². The van der Waals surface area contributed by atoms with Crippen LogP contribution in [0, 0.1) is 0 Å². The average Bonchev–Trinajstić information content (AvgIpc) is 3.00. The molecule has 0 unspecified atom stereocenters. The van der Waals surface area contributed by atoms with Gasteiger partial charge in [-0.2, -0.15) is 13.2 Å². The fourth-order valence-electron chi connectivity index (χ4n) is 3.14. The van der Waals surface area contributed by atoms with E-state index in [2.05, 4.69) is 5.32 Å². The van der Waals surface area contributed by atoms with E-state index in [4.69, 9.17) is 0 Å². The first-order valence-electron chi connectivity index (χ1n) is 8.58. The predicted octanol–water partition coefficient (Wildman–Crippen LogP) is 3.71. The number of sulfone groups is 1. The van der Waals surface area contributed by atoms with Crippen molar-refractivity contribution in [2.45, 2.75) is 18.6 Å². The van der Waals surface area contributed by atoms with Gasteiger partial charge in [-0.05, 0) is 36.8 Å².